The first kappa shape index (κ1) is 18.1. The molecule has 0 saturated heterocycles. The highest BCUT2D eigenvalue weighted by atomic mass is 31.2. The molecule has 0 aromatic heterocycles. The highest BCUT2D eigenvalue weighted by molar-refractivity contribution is 7.46. The van der Waals surface area contributed by atoms with E-state index < -0.39 is 7.82 Å². The van der Waals surface area contributed by atoms with Crippen LogP contribution in [-0.4, -0.2) is 30.8 Å². The molecule has 0 aliphatic carbocycles. The minimum absolute atomic E-state index is 0.0498. The van der Waals surface area contributed by atoms with Gasteiger partial charge in [-0.2, -0.15) is 0 Å². The second kappa shape index (κ2) is 7.29. The molecule has 0 spiro atoms. The number of methoxy groups -OCH3 is 2. The highest BCUT2D eigenvalue weighted by Gasteiger charge is 2.20. The highest BCUT2D eigenvalue weighted by Crippen LogP contribution is 2.43. The van der Waals surface area contributed by atoms with Gasteiger partial charge < -0.3 is 23.5 Å². The molecule has 0 amide bonds. The molecule has 26 heavy (non-hydrogen) atoms. The summed E-state index contributed by atoms with van der Waals surface area (Å²) in [6.07, 6.45) is 3.55. The summed E-state index contributed by atoms with van der Waals surface area (Å²) >= 11 is 0. The quantitative estimate of drug-likeness (QED) is 0.582. The van der Waals surface area contributed by atoms with Crippen LogP contribution in [0.15, 0.2) is 30.3 Å². The summed E-state index contributed by atoms with van der Waals surface area (Å²) in [6, 6.07) is 8.36. The first-order valence-electron chi connectivity index (χ1n) is 7.48. The molecule has 0 fully saturated rings. The Hall–Kier alpha value is -2.67. The Morgan fingerprint density at radius 2 is 1.65 bits per heavy atom. The van der Waals surface area contributed by atoms with Crippen LogP contribution in [0, 0.1) is 0 Å². The number of phosphoric acid groups is 1. The maximum absolute atomic E-state index is 11.1. The molecule has 0 atom stereocenters. The smallest absolute Gasteiger partial charge is 0.493 e. The van der Waals surface area contributed by atoms with Gasteiger partial charge >= 0.3 is 7.82 Å². The average Bonchev–Trinajstić information content (AvgIpc) is 3.06. The van der Waals surface area contributed by atoms with Gasteiger partial charge in [-0.1, -0.05) is 18.2 Å². The van der Waals surface area contributed by atoms with Crippen molar-refractivity contribution in [1.29, 1.82) is 0 Å². The van der Waals surface area contributed by atoms with Crippen LogP contribution in [-0.2, 0) is 4.57 Å². The molecule has 9 heteroatoms. The van der Waals surface area contributed by atoms with Crippen molar-refractivity contribution in [2.45, 2.75) is 0 Å². The van der Waals surface area contributed by atoms with Gasteiger partial charge in [-0.25, -0.2) is 4.57 Å². The van der Waals surface area contributed by atoms with E-state index in [-0.39, 0.29) is 18.3 Å². The molecular formula is C17H17O8P. The summed E-state index contributed by atoms with van der Waals surface area (Å²) in [7, 11) is -1.77. The molecule has 1 aliphatic heterocycles. The SMILES string of the molecule is COc1ccc(C=Cc2cc(OC)c3c(c2)OCO3)cc1OP(=O)(O)O. The predicted molar refractivity (Wildman–Crippen MR) is 93.7 cm³/mol. The van der Waals surface area contributed by atoms with Gasteiger partial charge in [-0.15, -0.1) is 0 Å². The topological polar surface area (TPSA) is 104 Å². The van der Waals surface area contributed by atoms with Crippen molar-refractivity contribution in [2.75, 3.05) is 21.0 Å². The maximum atomic E-state index is 11.1. The summed E-state index contributed by atoms with van der Waals surface area (Å²) in [5.41, 5.74) is 1.46. The summed E-state index contributed by atoms with van der Waals surface area (Å²) in [5, 5.41) is 0. The van der Waals surface area contributed by atoms with Gasteiger partial charge in [-0.3, -0.25) is 9.79 Å². The standard InChI is InChI=1S/C17H17O8P/c1-21-13-6-5-11(7-14(13)25-26(18,19)20)3-4-12-8-15(22-2)17-16(9-12)23-10-24-17/h3-9H,10H2,1-2H3,(H2,18,19,20). The lowest BCUT2D eigenvalue weighted by Crippen LogP contribution is -1.94. The fourth-order valence-electron chi connectivity index (χ4n) is 2.43. The number of benzene rings is 2. The van der Waals surface area contributed by atoms with Gasteiger partial charge in [-0.05, 0) is 35.4 Å². The van der Waals surface area contributed by atoms with E-state index in [9.17, 15) is 4.57 Å². The predicted octanol–water partition coefficient (Wildman–Crippen LogP) is 3.07. The average molecular weight is 380 g/mol. The third-order valence-corrected chi connectivity index (χ3v) is 3.99. The van der Waals surface area contributed by atoms with E-state index in [0.29, 0.717) is 22.8 Å². The largest absolute Gasteiger partial charge is 0.524 e. The molecule has 3 rings (SSSR count). The molecule has 2 aromatic rings. The molecule has 0 unspecified atom stereocenters. The van der Waals surface area contributed by atoms with Gasteiger partial charge in [0.15, 0.2) is 23.0 Å². The lowest BCUT2D eigenvalue weighted by molar-refractivity contribution is 0.171. The van der Waals surface area contributed by atoms with Gasteiger partial charge in [0.2, 0.25) is 12.5 Å². The molecule has 0 saturated carbocycles. The molecule has 0 bridgehead atoms. The molecule has 2 N–H and O–H groups in total. The second-order valence-electron chi connectivity index (χ2n) is 5.28. The van der Waals surface area contributed by atoms with E-state index in [4.69, 9.17) is 28.7 Å². The van der Waals surface area contributed by atoms with Crippen molar-refractivity contribution >= 4 is 20.0 Å². The lowest BCUT2D eigenvalue weighted by Gasteiger charge is -2.11. The second-order valence-corrected chi connectivity index (χ2v) is 6.45. The van der Waals surface area contributed by atoms with Crippen LogP contribution in [0.2, 0.25) is 0 Å². The van der Waals surface area contributed by atoms with Gasteiger partial charge in [0.05, 0.1) is 14.2 Å². The summed E-state index contributed by atoms with van der Waals surface area (Å²) in [4.78, 5) is 18.0. The summed E-state index contributed by atoms with van der Waals surface area (Å²) in [6.45, 7) is 0.139. The monoisotopic (exact) mass is 380 g/mol. The Morgan fingerprint density at radius 3 is 2.35 bits per heavy atom. The maximum Gasteiger partial charge on any atom is 0.524 e. The van der Waals surface area contributed by atoms with Crippen molar-refractivity contribution in [1.82, 2.24) is 0 Å². The Bertz CT molecular complexity index is 887. The number of phosphoric ester groups is 1. The lowest BCUT2D eigenvalue weighted by atomic mass is 10.1. The molecule has 1 aliphatic rings. The van der Waals surface area contributed by atoms with Crippen molar-refractivity contribution < 1.29 is 37.8 Å². The van der Waals surface area contributed by atoms with E-state index >= 15 is 0 Å². The zero-order chi connectivity index (χ0) is 18.7. The molecule has 2 aromatic carbocycles. The van der Waals surface area contributed by atoms with Crippen LogP contribution in [0.25, 0.3) is 12.2 Å². The Morgan fingerprint density at radius 1 is 0.962 bits per heavy atom. The van der Waals surface area contributed by atoms with E-state index in [1.165, 1.54) is 13.2 Å². The Balaban J connectivity index is 1.89. The molecule has 138 valence electrons. The molecular weight excluding hydrogens is 363 g/mol. The number of hydrogen-bond donors (Lipinski definition) is 2. The van der Waals surface area contributed by atoms with Gasteiger partial charge in [0.25, 0.3) is 0 Å². The fourth-order valence-corrected chi connectivity index (χ4v) is 2.83. The Labute approximate surface area is 149 Å². The van der Waals surface area contributed by atoms with E-state index in [1.807, 2.05) is 0 Å². The molecule has 1 heterocycles. The van der Waals surface area contributed by atoms with E-state index in [1.54, 1.807) is 43.5 Å². The number of fused-ring (bicyclic) bond motifs is 1. The zero-order valence-corrected chi connectivity index (χ0v) is 14.9. The van der Waals surface area contributed by atoms with E-state index in [0.717, 1.165) is 5.56 Å². The van der Waals surface area contributed by atoms with Crippen molar-refractivity contribution in [3.05, 3.63) is 41.5 Å². The van der Waals surface area contributed by atoms with E-state index in [2.05, 4.69) is 4.52 Å². The van der Waals surface area contributed by atoms with Crippen molar-refractivity contribution in [3.8, 4) is 28.7 Å². The van der Waals surface area contributed by atoms with Crippen LogP contribution in [0.5, 0.6) is 28.7 Å². The van der Waals surface area contributed by atoms with Crippen molar-refractivity contribution in [3.63, 3.8) is 0 Å². The molecule has 0 radical (unpaired) electrons. The third kappa shape index (κ3) is 4.11. The fraction of sp³-hybridized carbons (Fsp3) is 0.176. The van der Waals surface area contributed by atoms with Gasteiger partial charge in [0.1, 0.15) is 0 Å². The minimum Gasteiger partial charge on any atom is -0.493 e. The van der Waals surface area contributed by atoms with Crippen LogP contribution in [0.3, 0.4) is 0 Å². The first-order valence-corrected chi connectivity index (χ1v) is 9.01. The molecule has 8 nitrogen and oxygen atoms in total. The van der Waals surface area contributed by atoms with Crippen LogP contribution >= 0.6 is 7.82 Å². The van der Waals surface area contributed by atoms with Crippen molar-refractivity contribution in [2.24, 2.45) is 0 Å². The summed E-state index contributed by atoms with van der Waals surface area (Å²) in [5.74, 6) is 1.87. The Kier molecular flexibility index (Phi) is 5.08. The number of rotatable bonds is 6. The minimum atomic E-state index is -4.70. The van der Waals surface area contributed by atoms with Crippen LogP contribution < -0.4 is 23.5 Å². The normalized spacial score (nSPS) is 13.1. The number of hydrogen-bond acceptors (Lipinski definition) is 6. The van der Waals surface area contributed by atoms with Crippen LogP contribution in [0.4, 0.5) is 0 Å². The van der Waals surface area contributed by atoms with Gasteiger partial charge in [0, 0.05) is 0 Å². The third-order valence-electron chi connectivity index (χ3n) is 3.55. The number of ether oxygens (including phenoxy) is 4. The zero-order valence-electron chi connectivity index (χ0n) is 14.0. The first-order chi connectivity index (χ1) is 12.4. The van der Waals surface area contributed by atoms with Crippen LogP contribution in [0.1, 0.15) is 11.1 Å². The summed E-state index contributed by atoms with van der Waals surface area (Å²) < 4.78 is 36.8.